The fourth-order valence-electron chi connectivity index (χ4n) is 2.16. The molecular formula is C18H27Cl2N3O2. The summed E-state index contributed by atoms with van der Waals surface area (Å²) >= 11 is 6.21. The van der Waals surface area contributed by atoms with E-state index in [0.29, 0.717) is 16.3 Å². The number of benzene rings is 1. The summed E-state index contributed by atoms with van der Waals surface area (Å²) in [5, 5.41) is 9.19. The third-order valence-electron chi connectivity index (χ3n) is 4.25. The van der Waals surface area contributed by atoms with Gasteiger partial charge in [-0.25, -0.2) is 0 Å². The molecule has 1 fully saturated rings. The largest absolute Gasteiger partial charge is 0.347 e. The van der Waals surface area contributed by atoms with E-state index in [9.17, 15) is 9.59 Å². The van der Waals surface area contributed by atoms with Crippen molar-refractivity contribution in [3.05, 3.63) is 28.8 Å². The second-order valence-corrected chi connectivity index (χ2v) is 7.42. The molecule has 25 heavy (non-hydrogen) atoms. The van der Waals surface area contributed by atoms with Crippen LogP contribution in [0.2, 0.25) is 5.02 Å². The highest BCUT2D eigenvalue weighted by Crippen LogP contribution is 2.27. The summed E-state index contributed by atoms with van der Waals surface area (Å²) < 4.78 is 0. The van der Waals surface area contributed by atoms with Crippen molar-refractivity contribution in [2.24, 2.45) is 5.92 Å². The Kier molecular flexibility index (Phi) is 8.19. The van der Waals surface area contributed by atoms with Crippen LogP contribution in [0.1, 0.15) is 50.4 Å². The summed E-state index contributed by atoms with van der Waals surface area (Å²) in [6.45, 7) is 7.10. The second kappa shape index (κ2) is 9.41. The lowest BCUT2D eigenvalue weighted by atomic mass is 10.0. The van der Waals surface area contributed by atoms with Crippen LogP contribution in [0.25, 0.3) is 0 Å². The number of halogens is 2. The average molecular weight is 388 g/mol. The second-order valence-electron chi connectivity index (χ2n) is 7.01. The molecule has 2 rings (SSSR count). The fraction of sp³-hybridized carbons (Fsp3) is 0.556. The van der Waals surface area contributed by atoms with Gasteiger partial charge in [-0.3, -0.25) is 9.59 Å². The predicted molar refractivity (Wildman–Crippen MR) is 105 cm³/mol. The van der Waals surface area contributed by atoms with Crippen molar-refractivity contribution in [2.75, 3.05) is 18.4 Å². The molecule has 0 bridgehead atoms. The molecule has 1 saturated carbocycles. The van der Waals surface area contributed by atoms with Gasteiger partial charge in [0.25, 0.3) is 5.91 Å². The zero-order valence-corrected chi connectivity index (χ0v) is 16.5. The van der Waals surface area contributed by atoms with Crippen LogP contribution in [0.4, 0.5) is 5.69 Å². The van der Waals surface area contributed by atoms with Crippen molar-refractivity contribution in [3.63, 3.8) is 0 Å². The first-order valence-corrected chi connectivity index (χ1v) is 8.81. The number of nitrogens with one attached hydrogen (secondary N) is 3. The minimum Gasteiger partial charge on any atom is -0.347 e. The van der Waals surface area contributed by atoms with E-state index in [0.717, 1.165) is 18.9 Å². The molecule has 1 aliphatic carbocycles. The summed E-state index contributed by atoms with van der Waals surface area (Å²) in [6.07, 6.45) is 3.32. The van der Waals surface area contributed by atoms with E-state index in [-0.39, 0.29) is 36.3 Å². The number of hydrogen-bond donors (Lipinski definition) is 3. The Hall–Kier alpha value is -1.30. The van der Waals surface area contributed by atoms with Crippen molar-refractivity contribution in [3.8, 4) is 0 Å². The van der Waals surface area contributed by atoms with E-state index in [1.54, 1.807) is 18.2 Å². The summed E-state index contributed by atoms with van der Waals surface area (Å²) in [5.74, 6) is 0.407. The van der Waals surface area contributed by atoms with Crippen LogP contribution in [0.5, 0.6) is 0 Å². The lowest BCUT2D eigenvalue weighted by Gasteiger charge is -2.24. The number of anilines is 1. The van der Waals surface area contributed by atoms with Crippen LogP contribution in [0, 0.1) is 5.92 Å². The molecule has 0 aliphatic heterocycles. The highest BCUT2D eigenvalue weighted by molar-refractivity contribution is 6.34. The molecule has 0 heterocycles. The molecule has 1 aliphatic rings. The van der Waals surface area contributed by atoms with Crippen molar-refractivity contribution < 1.29 is 9.59 Å². The molecule has 7 heteroatoms. The first-order valence-electron chi connectivity index (χ1n) is 8.43. The van der Waals surface area contributed by atoms with Gasteiger partial charge >= 0.3 is 0 Å². The molecule has 0 atom stereocenters. The van der Waals surface area contributed by atoms with E-state index in [2.05, 4.69) is 16.0 Å². The van der Waals surface area contributed by atoms with Crippen molar-refractivity contribution >= 4 is 41.5 Å². The van der Waals surface area contributed by atoms with E-state index >= 15 is 0 Å². The standard InChI is InChI=1S/C18H26ClN3O2.ClH/c1-4-18(2,3)22-17(24)14-8-7-13(9-15(14)19)21-16(23)11-20-10-12-5-6-12;/h7-9,12,20H,4-6,10-11H2,1-3H3,(H,21,23)(H,22,24);1H. The number of hydrogen-bond acceptors (Lipinski definition) is 3. The lowest BCUT2D eigenvalue weighted by molar-refractivity contribution is -0.115. The molecule has 5 nitrogen and oxygen atoms in total. The van der Waals surface area contributed by atoms with Gasteiger partial charge in [-0.15, -0.1) is 12.4 Å². The third-order valence-corrected chi connectivity index (χ3v) is 4.56. The van der Waals surface area contributed by atoms with Gasteiger partial charge in [0, 0.05) is 11.2 Å². The molecule has 2 amide bonds. The maximum absolute atomic E-state index is 12.3. The van der Waals surface area contributed by atoms with Gasteiger partial charge in [-0.1, -0.05) is 18.5 Å². The minimum atomic E-state index is -0.291. The van der Waals surface area contributed by atoms with Crippen LogP contribution in [0.3, 0.4) is 0 Å². The number of amides is 2. The Morgan fingerprint density at radius 1 is 1.28 bits per heavy atom. The Morgan fingerprint density at radius 3 is 2.52 bits per heavy atom. The van der Waals surface area contributed by atoms with Gasteiger partial charge in [0.1, 0.15) is 0 Å². The van der Waals surface area contributed by atoms with Crippen molar-refractivity contribution in [1.82, 2.24) is 10.6 Å². The highest BCUT2D eigenvalue weighted by atomic mass is 35.5. The quantitative estimate of drug-likeness (QED) is 0.637. The molecule has 0 unspecified atom stereocenters. The Bertz CT molecular complexity index is 616. The van der Waals surface area contributed by atoms with Crippen LogP contribution in [0.15, 0.2) is 18.2 Å². The Balaban J connectivity index is 0.00000312. The van der Waals surface area contributed by atoms with Crippen molar-refractivity contribution in [1.29, 1.82) is 0 Å². The highest BCUT2D eigenvalue weighted by Gasteiger charge is 2.21. The van der Waals surface area contributed by atoms with Crippen LogP contribution < -0.4 is 16.0 Å². The Labute approximate surface area is 160 Å². The molecule has 0 radical (unpaired) electrons. The van der Waals surface area contributed by atoms with Gasteiger partial charge in [-0.2, -0.15) is 0 Å². The summed E-state index contributed by atoms with van der Waals surface area (Å²) in [6, 6.07) is 4.93. The lowest BCUT2D eigenvalue weighted by Crippen LogP contribution is -2.42. The maximum atomic E-state index is 12.3. The first-order chi connectivity index (χ1) is 11.3. The van der Waals surface area contributed by atoms with Crippen LogP contribution >= 0.6 is 24.0 Å². The third kappa shape index (κ3) is 7.22. The molecule has 0 saturated heterocycles. The van der Waals surface area contributed by atoms with Gasteiger partial charge in [0.05, 0.1) is 17.1 Å². The molecule has 0 aromatic heterocycles. The zero-order chi connectivity index (χ0) is 17.7. The number of rotatable bonds is 8. The molecule has 3 N–H and O–H groups in total. The van der Waals surface area contributed by atoms with E-state index in [1.165, 1.54) is 12.8 Å². The zero-order valence-electron chi connectivity index (χ0n) is 14.9. The topological polar surface area (TPSA) is 70.2 Å². The SMILES string of the molecule is CCC(C)(C)NC(=O)c1ccc(NC(=O)CNCC2CC2)cc1Cl.Cl. The van der Waals surface area contributed by atoms with Gasteiger partial charge in [-0.05, 0) is 63.8 Å². The molecule has 1 aromatic rings. The normalized spacial score (nSPS) is 13.8. The summed E-state index contributed by atoms with van der Waals surface area (Å²) in [4.78, 5) is 24.2. The van der Waals surface area contributed by atoms with Crippen LogP contribution in [-0.2, 0) is 4.79 Å². The fourth-order valence-corrected chi connectivity index (χ4v) is 2.42. The van der Waals surface area contributed by atoms with Gasteiger partial charge < -0.3 is 16.0 Å². The average Bonchev–Trinajstić information content (AvgIpc) is 3.31. The molecular weight excluding hydrogens is 361 g/mol. The predicted octanol–water partition coefficient (Wildman–Crippen LogP) is 3.62. The van der Waals surface area contributed by atoms with Crippen LogP contribution in [-0.4, -0.2) is 30.4 Å². The van der Waals surface area contributed by atoms with Gasteiger partial charge in [0.15, 0.2) is 0 Å². The van der Waals surface area contributed by atoms with E-state index in [1.807, 2.05) is 20.8 Å². The van der Waals surface area contributed by atoms with Gasteiger partial charge in [0.2, 0.25) is 5.91 Å². The molecule has 1 aromatic carbocycles. The molecule has 0 spiro atoms. The molecule has 140 valence electrons. The first kappa shape index (κ1) is 21.7. The summed E-state index contributed by atoms with van der Waals surface area (Å²) in [7, 11) is 0. The summed E-state index contributed by atoms with van der Waals surface area (Å²) in [5.41, 5.74) is 0.702. The van der Waals surface area contributed by atoms with Crippen molar-refractivity contribution in [2.45, 2.75) is 45.6 Å². The minimum absolute atomic E-state index is 0. The monoisotopic (exact) mass is 387 g/mol. The number of carbonyl (C=O) groups excluding carboxylic acids is 2. The van der Waals surface area contributed by atoms with E-state index in [4.69, 9.17) is 11.6 Å². The number of carbonyl (C=O) groups is 2. The van der Waals surface area contributed by atoms with E-state index < -0.39 is 0 Å². The Morgan fingerprint density at radius 2 is 1.96 bits per heavy atom. The maximum Gasteiger partial charge on any atom is 0.253 e. The smallest absolute Gasteiger partial charge is 0.253 e.